The van der Waals surface area contributed by atoms with E-state index in [2.05, 4.69) is 25.2 Å². The van der Waals surface area contributed by atoms with E-state index in [4.69, 9.17) is 16.3 Å². The Kier molecular flexibility index (Phi) is 6.38. The van der Waals surface area contributed by atoms with Crippen molar-refractivity contribution in [1.29, 1.82) is 0 Å². The highest BCUT2D eigenvalue weighted by Gasteiger charge is 2.31. The Morgan fingerprint density at radius 3 is 2.86 bits per heavy atom. The summed E-state index contributed by atoms with van der Waals surface area (Å²) in [7, 11) is 1.75. The van der Waals surface area contributed by atoms with E-state index in [0.717, 1.165) is 29.8 Å². The first-order chi connectivity index (χ1) is 10.2. The van der Waals surface area contributed by atoms with Gasteiger partial charge in [0.15, 0.2) is 0 Å². The molecule has 1 N–H and O–H groups in total. The Labute approximate surface area is 134 Å². The topological polar surface area (TPSA) is 21.3 Å². The predicted molar refractivity (Wildman–Crippen MR) is 90.4 cm³/mol. The van der Waals surface area contributed by atoms with Crippen molar-refractivity contribution in [2.24, 2.45) is 11.8 Å². The summed E-state index contributed by atoms with van der Waals surface area (Å²) in [5, 5.41) is 4.41. The van der Waals surface area contributed by atoms with Gasteiger partial charge in [0.25, 0.3) is 0 Å². The van der Waals surface area contributed by atoms with Gasteiger partial charge in [0.2, 0.25) is 0 Å². The number of rotatable bonds is 6. The largest absolute Gasteiger partial charge is 0.496 e. The molecule has 21 heavy (non-hydrogen) atoms. The van der Waals surface area contributed by atoms with Gasteiger partial charge in [0, 0.05) is 5.02 Å². The van der Waals surface area contributed by atoms with E-state index >= 15 is 0 Å². The highest BCUT2D eigenvalue weighted by molar-refractivity contribution is 6.30. The lowest BCUT2D eigenvalue weighted by Gasteiger charge is -2.36. The molecule has 1 aromatic carbocycles. The molecule has 0 spiro atoms. The van der Waals surface area contributed by atoms with Crippen LogP contribution in [0.3, 0.4) is 0 Å². The molecule has 0 saturated heterocycles. The van der Waals surface area contributed by atoms with Gasteiger partial charge in [-0.05, 0) is 73.9 Å². The summed E-state index contributed by atoms with van der Waals surface area (Å²) in [4.78, 5) is 0. The molecule has 0 radical (unpaired) electrons. The van der Waals surface area contributed by atoms with Gasteiger partial charge < -0.3 is 10.1 Å². The molecule has 3 atom stereocenters. The maximum absolute atomic E-state index is 6.23. The summed E-state index contributed by atoms with van der Waals surface area (Å²) >= 11 is 6.23. The Morgan fingerprint density at radius 2 is 2.14 bits per heavy atom. The molecule has 0 aromatic heterocycles. The van der Waals surface area contributed by atoms with Gasteiger partial charge in [-0.3, -0.25) is 0 Å². The van der Waals surface area contributed by atoms with Crippen LogP contribution in [0.5, 0.6) is 5.75 Å². The maximum atomic E-state index is 6.23. The van der Waals surface area contributed by atoms with Crippen LogP contribution in [0.2, 0.25) is 5.02 Å². The lowest BCUT2D eigenvalue weighted by atomic mass is 9.71. The second kappa shape index (κ2) is 8.05. The third-order valence-electron chi connectivity index (χ3n) is 4.68. The molecule has 2 nitrogen and oxygen atoms in total. The van der Waals surface area contributed by atoms with Gasteiger partial charge in [0.1, 0.15) is 5.75 Å². The first-order valence-corrected chi connectivity index (χ1v) is 8.57. The summed E-state index contributed by atoms with van der Waals surface area (Å²) in [6.07, 6.45) is 5.04. The number of nitrogens with one attached hydrogen (secondary N) is 1. The maximum Gasteiger partial charge on any atom is 0.122 e. The normalized spacial score (nSPS) is 25.8. The first kappa shape index (κ1) is 16.6. The van der Waals surface area contributed by atoms with Crippen molar-refractivity contribution >= 4 is 11.6 Å². The summed E-state index contributed by atoms with van der Waals surface area (Å²) in [5.74, 6) is 2.99. The average Bonchev–Trinajstić information content (AvgIpc) is 2.49. The highest BCUT2D eigenvalue weighted by Crippen LogP contribution is 2.44. The van der Waals surface area contributed by atoms with E-state index in [0.29, 0.717) is 11.8 Å². The van der Waals surface area contributed by atoms with Crippen molar-refractivity contribution in [3.8, 4) is 5.75 Å². The van der Waals surface area contributed by atoms with Crippen LogP contribution >= 0.6 is 11.6 Å². The van der Waals surface area contributed by atoms with Crippen LogP contribution in [0.25, 0.3) is 0 Å². The SMILES string of the molecule is CCCNCC1CCC(C)CC1c1cc(Cl)ccc1OC. The Morgan fingerprint density at radius 1 is 1.33 bits per heavy atom. The minimum atomic E-state index is 0.548. The number of ether oxygens (including phenoxy) is 1. The fourth-order valence-corrected chi connectivity index (χ4v) is 3.71. The molecule has 118 valence electrons. The number of hydrogen-bond donors (Lipinski definition) is 1. The van der Waals surface area contributed by atoms with Crippen LogP contribution < -0.4 is 10.1 Å². The van der Waals surface area contributed by atoms with Crippen LogP contribution in [-0.2, 0) is 0 Å². The summed E-state index contributed by atoms with van der Waals surface area (Å²) in [6, 6.07) is 6.03. The van der Waals surface area contributed by atoms with Crippen LogP contribution in [0.4, 0.5) is 0 Å². The van der Waals surface area contributed by atoms with Crippen molar-refractivity contribution in [2.75, 3.05) is 20.2 Å². The smallest absolute Gasteiger partial charge is 0.122 e. The fraction of sp³-hybridized carbons (Fsp3) is 0.667. The van der Waals surface area contributed by atoms with Crippen molar-refractivity contribution in [1.82, 2.24) is 5.32 Å². The molecule has 0 bridgehead atoms. The zero-order valence-corrected chi connectivity index (χ0v) is 14.2. The van der Waals surface area contributed by atoms with Gasteiger partial charge in [-0.1, -0.05) is 31.9 Å². The number of hydrogen-bond acceptors (Lipinski definition) is 2. The second-order valence-corrected chi connectivity index (χ2v) is 6.81. The Bertz CT molecular complexity index is 449. The number of benzene rings is 1. The number of methoxy groups -OCH3 is 1. The van der Waals surface area contributed by atoms with Crippen molar-refractivity contribution in [3.63, 3.8) is 0 Å². The molecular formula is C18H28ClNO. The predicted octanol–water partition coefficient (Wildman–Crippen LogP) is 4.87. The van der Waals surface area contributed by atoms with E-state index < -0.39 is 0 Å². The average molecular weight is 310 g/mol. The van der Waals surface area contributed by atoms with Crippen LogP contribution in [0.15, 0.2) is 18.2 Å². The van der Waals surface area contributed by atoms with Crippen LogP contribution in [0.1, 0.15) is 51.0 Å². The summed E-state index contributed by atoms with van der Waals surface area (Å²) in [6.45, 7) is 6.78. The standard InChI is InChI=1S/C18H28ClNO/c1-4-9-20-12-14-6-5-13(2)10-16(14)17-11-15(19)7-8-18(17)21-3/h7-8,11,13-14,16,20H,4-6,9-10,12H2,1-3H3. The van der Waals surface area contributed by atoms with Crippen molar-refractivity contribution in [2.45, 2.75) is 45.4 Å². The monoisotopic (exact) mass is 309 g/mol. The molecular weight excluding hydrogens is 282 g/mol. The lowest BCUT2D eigenvalue weighted by molar-refractivity contribution is 0.237. The molecule has 0 amide bonds. The first-order valence-electron chi connectivity index (χ1n) is 8.19. The fourth-order valence-electron chi connectivity index (χ4n) is 3.53. The minimum absolute atomic E-state index is 0.548. The molecule has 2 rings (SSSR count). The third-order valence-corrected chi connectivity index (χ3v) is 4.92. The molecule has 1 aromatic rings. The lowest BCUT2D eigenvalue weighted by Crippen LogP contribution is -2.32. The van der Waals surface area contributed by atoms with Gasteiger partial charge in [-0.15, -0.1) is 0 Å². The van der Waals surface area contributed by atoms with Gasteiger partial charge in [0.05, 0.1) is 7.11 Å². The van der Waals surface area contributed by atoms with E-state index in [1.54, 1.807) is 7.11 Å². The molecule has 0 aliphatic heterocycles. The number of halogens is 1. The molecule has 0 heterocycles. The van der Waals surface area contributed by atoms with Crippen molar-refractivity contribution in [3.05, 3.63) is 28.8 Å². The minimum Gasteiger partial charge on any atom is -0.496 e. The van der Waals surface area contributed by atoms with E-state index in [1.807, 2.05) is 12.1 Å². The molecule has 1 fully saturated rings. The highest BCUT2D eigenvalue weighted by atomic mass is 35.5. The zero-order chi connectivity index (χ0) is 15.2. The zero-order valence-electron chi connectivity index (χ0n) is 13.5. The molecule has 3 heteroatoms. The van der Waals surface area contributed by atoms with Crippen LogP contribution in [-0.4, -0.2) is 20.2 Å². The molecule has 1 saturated carbocycles. The summed E-state index contributed by atoms with van der Waals surface area (Å²) < 4.78 is 5.58. The van der Waals surface area contributed by atoms with Gasteiger partial charge in [-0.25, -0.2) is 0 Å². The van der Waals surface area contributed by atoms with Crippen LogP contribution in [0, 0.1) is 11.8 Å². The molecule has 1 aliphatic carbocycles. The third kappa shape index (κ3) is 4.37. The van der Waals surface area contributed by atoms with Gasteiger partial charge >= 0.3 is 0 Å². The summed E-state index contributed by atoms with van der Waals surface area (Å²) in [5.41, 5.74) is 1.29. The van der Waals surface area contributed by atoms with Gasteiger partial charge in [-0.2, -0.15) is 0 Å². The molecule has 3 unspecified atom stereocenters. The second-order valence-electron chi connectivity index (χ2n) is 6.38. The quantitative estimate of drug-likeness (QED) is 0.757. The van der Waals surface area contributed by atoms with E-state index in [9.17, 15) is 0 Å². The Balaban J connectivity index is 2.20. The van der Waals surface area contributed by atoms with E-state index in [-0.39, 0.29) is 0 Å². The Hall–Kier alpha value is -0.730. The van der Waals surface area contributed by atoms with E-state index in [1.165, 1.54) is 31.2 Å². The van der Waals surface area contributed by atoms with Crippen molar-refractivity contribution < 1.29 is 4.74 Å². The molecule has 1 aliphatic rings.